The van der Waals surface area contributed by atoms with E-state index in [4.69, 9.17) is 15.5 Å². The van der Waals surface area contributed by atoms with Crippen LogP contribution in [0.1, 0.15) is 64.2 Å². The highest BCUT2D eigenvalue weighted by molar-refractivity contribution is 5.92. The number of amides is 1. The van der Waals surface area contributed by atoms with Crippen molar-refractivity contribution in [3.05, 3.63) is 60.7 Å². The van der Waals surface area contributed by atoms with E-state index in [0.29, 0.717) is 0 Å². The lowest BCUT2D eigenvalue weighted by atomic mass is 9.63. The van der Waals surface area contributed by atoms with Gasteiger partial charge in [-0.15, -0.1) is 0 Å². The molecule has 2 N–H and O–H groups in total. The number of nitrogens with two attached hydrogens (primary N) is 1. The summed E-state index contributed by atoms with van der Waals surface area (Å²) in [5.74, 6) is 1.97. The lowest BCUT2D eigenvalue weighted by Crippen LogP contribution is -2.58. The monoisotopic (exact) mass is 495 g/mol. The Hall–Kier alpha value is -3.34. The zero-order chi connectivity index (χ0) is 25.4. The molecule has 1 amide bonds. The fraction of sp³-hybridized carbons (Fsp3) is 0.438. The fourth-order valence-electron chi connectivity index (χ4n) is 7.38. The first-order valence-electron chi connectivity index (χ1n) is 14.0. The number of imidazole rings is 1. The second-order valence-electron chi connectivity index (χ2n) is 11.0. The molecule has 0 spiro atoms. The van der Waals surface area contributed by atoms with E-state index in [1.54, 1.807) is 7.11 Å². The lowest BCUT2D eigenvalue weighted by molar-refractivity contribution is -0.135. The SMILES string of the molecule is COc1ccc2cc(-c3nc4ccccc4n3C(C(N)=O)(C3CCCCC3)C3CCCCC3)ccc2c1. The minimum absolute atomic E-state index is 0.179. The molecule has 0 aliphatic heterocycles. The number of carbonyl (C=O) groups is 1. The standard InChI is InChI=1S/C32H37N3O2/c1-37-27-19-18-22-20-24(17-16-23(22)21-27)30-34-28-14-8-9-15-29(28)35(30)32(31(33)36,25-10-4-2-5-11-25)26-12-6-3-7-13-26/h8-9,14-21,25-26H,2-7,10-13H2,1H3,(H2,33,36). The first-order valence-corrected chi connectivity index (χ1v) is 14.0. The summed E-state index contributed by atoms with van der Waals surface area (Å²) in [6.45, 7) is 0. The van der Waals surface area contributed by atoms with Gasteiger partial charge in [-0.2, -0.15) is 0 Å². The molecule has 2 aliphatic carbocycles. The van der Waals surface area contributed by atoms with Gasteiger partial charge in [-0.05, 0) is 78.6 Å². The van der Waals surface area contributed by atoms with E-state index in [0.717, 1.165) is 90.3 Å². The highest BCUT2D eigenvalue weighted by Gasteiger charge is 2.53. The van der Waals surface area contributed by atoms with Crippen LogP contribution in [0.25, 0.3) is 33.2 Å². The van der Waals surface area contributed by atoms with E-state index in [-0.39, 0.29) is 17.7 Å². The van der Waals surface area contributed by atoms with Crippen molar-refractivity contribution < 1.29 is 9.53 Å². The smallest absolute Gasteiger partial charge is 0.244 e. The normalized spacial score (nSPS) is 17.9. The summed E-state index contributed by atoms with van der Waals surface area (Å²) in [6, 6.07) is 20.9. The molecule has 2 aliphatic rings. The van der Waals surface area contributed by atoms with Gasteiger partial charge in [-0.25, -0.2) is 4.98 Å². The van der Waals surface area contributed by atoms with Crippen LogP contribution in [0.2, 0.25) is 0 Å². The third kappa shape index (κ3) is 4.00. The van der Waals surface area contributed by atoms with Crippen LogP contribution >= 0.6 is 0 Å². The summed E-state index contributed by atoms with van der Waals surface area (Å²) in [5.41, 5.74) is 8.76. The van der Waals surface area contributed by atoms with E-state index in [2.05, 4.69) is 53.1 Å². The molecule has 1 heterocycles. The number of carbonyl (C=O) groups excluding carboxylic acids is 1. The zero-order valence-electron chi connectivity index (χ0n) is 21.8. The first kappa shape index (κ1) is 24.0. The highest BCUT2D eigenvalue weighted by atomic mass is 16.5. The van der Waals surface area contributed by atoms with Crippen molar-refractivity contribution in [1.29, 1.82) is 0 Å². The van der Waals surface area contributed by atoms with E-state index < -0.39 is 5.54 Å². The minimum atomic E-state index is -0.777. The van der Waals surface area contributed by atoms with Crippen molar-refractivity contribution in [3.63, 3.8) is 0 Å². The second-order valence-corrected chi connectivity index (χ2v) is 11.0. The molecule has 5 heteroatoms. The van der Waals surface area contributed by atoms with Crippen molar-refractivity contribution >= 4 is 27.7 Å². The maximum Gasteiger partial charge on any atom is 0.244 e. The molecule has 4 aromatic rings. The van der Waals surface area contributed by atoms with Gasteiger partial charge in [0.25, 0.3) is 0 Å². The van der Waals surface area contributed by atoms with Gasteiger partial charge in [0, 0.05) is 5.56 Å². The molecule has 6 rings (SSSR count). The van der Waals surface area contributed by atoms with Crippen molar-refractivity contribution in [2.24, 2.45) is 17.6 Å². The van der Waals surface area contributed by atoms with Crippen molar-refractivity contribution in [2.75, 3.05) is 7.11 Å². The maximum absolute atomic E-state index is 14.0. The molecule has 0 unspecified atom stereocenters. The summed E-state index contributed by atoms with van der Waals surface area (Å²) in [6.07, 6.45) is 11.3. The third-order valence-corrected chi connectivity index (χ3v) is 9.09. The molecule has 0 radical (unpaired) electrons. The molecule has 2 fully saturated rings. The number of nitrogens with zero attached hydrogens (tertiary/aromatic N) is 2. The maximum atomic E-state index is 14.0. The van der Waals surface area contributed by atoms with E-state index in [1.807, 2.05) is 12.1 Å². The van der Waals surface area contributed by atoms with Crippen LogP contribution in [0.4, 0.5) is 0 Å². The number of hydrogen-bond acceptors (Lipinski definition) is 3. The van der Waals surface area contributed by atoms with Gasteiger partial charge in [0.05, 0.1) is 18.1 Å². The Morgan fingerprint density at radius 1 is 0.865 bits per heavy atom. The minimum Gasteiger partial charge on any atom is -0.497 e. The first-order chi connectivity index (χ1) is 18.1. The van der Waals surface area contributed by atoms with E-state index in [9.17, 15) is 4.79 Å². The Morgan fingerprint density at radius 2 is 1.49 bits per heavy atom. The number of rotatable bonds is 6. The van der Waals surface area contributed by atoms with Crippen molar-refractivity contribution in [2.45, 2.75) is 69.7 Å². The van der Waals surface area contributed by atoms with Gasteiger partial charge in [-0.1, -0.05) is 68.9 Å². The van der Waals surface area contributed by atoms with Gasteiger partial charge in [0.15, 0.2) is 0 Å². The molecule has 0 saturated heterocycles. The van der Waals surface area contributed by atoms with Crippen LogP contribution in [0.15, 0.2) is 60.7 Å². The van der Waals surface area contributed by atoms with Gasteiger partial charge >= 0.3 is 0 Å². The molecule has 0 atom stereocenters. The molecular weight excluding hydrogens is 458 g/mol. The average Bonchev–Trinajstić information content (AvgIpc) is 3.34. The number of benzene rings is 3. The number of ether oxygens (including phenoxy) is 1. The summed E-state index contributed by atoms with van der Waals surface area (Å²) < 4.78 is 7.74. The van der Waals surface area contributed by atoms with Gasteiger partial charge in [0.2, 0.25) is 5.91 Å². The highest BCUT2D eigenvalue weighted by Crippen LogP contribution is 2.50. The third-order valence-electron chi connectivity index (χ3n) is 9.09. The van der Waals surface area contributed by atoms with Gasteiger partial charge in [0.1, 0.15) is 17.1 Å². The molecule has 5 nitrogen and oxygen atoms in total. The number of fused-ring (bicyclic) bond motifs is 2. The summed E-state index contributed by atoms with van der Waals surface area (Å²) in [5, 5.41) is 2.24. The predicted octanol–water partition coefficient (Wildman–Crippen LogP) is 7.21. The predicted molar refractivity (Wildman–Crippen MR) is 150 cm³/mol. The average molecular weight is 496 g/mol. The lowest BCUT2D eigenvalue weighted by Gasteiger charge is -2.48. The van der Waals surface area contributed by atoms with Crippen molar-refractivity contribution in [1.82, 2.24) is 9.55 Å². The van der Waals surface area contributed by atoms with Crippen LogP contribution < -0.4 is 10.5 Å². The molecule has 0 bridgehead atoms. The molecule has 192 valence electrons. The number of aromatic nitrogens is 2. The second kappa shape index (κ2) is 9.85. The molecular formula is C32H37N3O2. The van der Waals surface area contributed by atoms with Gasteiger partial charge < -0.3 is 15.0 Å². The molecule has 1 aromatic heterocycles. The van der Waals surface area contributed by atoms with Crippen LogP contribution in [0.3, 0.4) is 0 Å². The fourth-order valence-corrected chi connectivity index (χ4v) is 7.38. The van der Waals surface area contributed by atoms with E-state index >= 15 is 0 Å². The molecule has 37 heavy (non-hydrogen) atoms. The van der Waals surface area contributed by atoms with Crippen LogP contribution in [-0.4, -0.2) is 22.6 Å². The Labute approximate surface area is 219 Å². The summed E-state index contributed by atoms with van der Waals surface area (Å²) in [7, 11) is 1.69. The Kier molecular flexibility index (Phi) is 6.39. The molecule has 3 aromatic carbocycles. The van der Waals surface area contributed by atoms with Crippen LogP contribution in [0.5, 0.6) is 5.75 Å². The van der Waals surface area contributed by atoms with Crippen LogP contribution in [0, 0.1) is 11.8 Å². The number of methoxy groups -OCH3 is 1. The van der Waals surface area contributed by atoms with Gasteiger partial charge in [-0.3, -0.25) is 4.79 Å². The Morgan fingerprint density at radius 3 is 2.14 bits per heavy atom. The van der Waals surface area contributed by atoms with Crippen LogP contribution in [-0.2, 0) is 10.3 Å². The topological polar surface area (TPSA) is 70.1 Å². The largest absolute Gasteiger partial charge is 0.497 e. The quantitative estimate of drug-likeness (QED) is 0.307. The zero-order valence-corrected chi connectivity index (χ0v) is 21.8. The summed E-state index contributed by atoms with van der Waals surface area (Å²) >= 11 is 0. The number of hydrogen-bond donors (Lipinski definition) is 1. The number of primary amides is 1. The Bertz CT molecular complexity index is 1410. The number of para-hydroxylation sites is 2. The van der Waals surface area contributed by atoms with E-state index in [1.165, 1.54) is 12.8 Å². The van der Waals surface area contributed by atoms with Crippen molar-refractivity contribution in [3.8, 4) is 17.1 Å². The molecule has 2 saturated carbocycles. The Balaban J connectivity index is 1.63. The summed E-state index contributed by atoms with van der Waals surface area (Å²) in [4.78, 5) is 19.2.